The Balaban J connectivity index is 2.05. The van der Waals surface area contributed by atoms with Gasteiger partial charge in [-0.3, -0.25) is 14.9 Å². The van der Waals surface area contributed by atoms with Crippen LogP contribution in [0.3, 0.4) is 0 Å². The quantitative estimate of drug-likeness (QED) is 0.480. The summed E-state index contributed by atoms with van der Waals surface area (Å²) in [4.78, 5) is 22.2. The molecule has 0 aliphatic carbocycles. The summed E-state index contributed by atoms with van der Waals surface area (Å²) in [6.07, 6.45) is 0. The van der Waals surface area contributed by atoms with Crippen LogP contribution < -0.4 is 14.8 Å². The van der Waals surface area contributed by atoms with Gasteiger partial charge in [-0.25, -0.2) is 0 Å². The Morgan fingerprint density at radius 3 is 2.39 bits per heavy atom. The van der Waals surface area contributed by atoms with Gasteiger partial charge in [0.2, 0.25) is 0 Å². The molecule has 0 heterocycles. The van der Waals surface area contributed by atoms with Crippen LogP contribution in [0.2, 0.25) is 0 Å². The van der Waals surface area contributed by atoms with E-state index in [2.05, 4.69) is 5.32 Å². The fourth-order valence-corrected chi connectivity index (χ4v) is 1.99. The molecule has 7 nitrogen and oxygen atoms in total. The van der Waals surface area contributed by atoms with Gasteiger partial charge in [-0.15, -0.1) is 0 Å². The number of hydrogen-bond acceptors (Lipinski definition) is 6. The Morgan fingerprint density at radius 1 is 1.13 bits per heavy atom. The average Bonchev–Trinajstić information content (AvgIpc) is 2.59. The Kier molecular flexibility index (Phi) is 5.14. The number of anilines is 1. The third-order valence-electron chi connectivity index (χ3n) is 3.25. The number of nitro benzene ring substituents is 1. The van der Waals surface area contributed by atoms with Gasteiger partial charge in [-0.1, -0.05) is 0 Å². The third kappa shape index (κ3) is 3.97. The summed E-state index contributed by atoms with van der Waals surface area (Å²) in [6, 6.07) is 10.7. The van der Waals surface area contributed by atoms with Crippen molar-refractivity contribution in [3.63, 3.8) is 0 Å². The van der Waals surface area contributed by atoms with Crippen molar-refractivity contribution in [2.45, 2.75) is 0 Å². The zero-order chi connectivity index (χ0) is 16.8. The highest BCUT2D eigenvalue weighted by Crippen LogP contribution is 2.28. The normalized spacial score (nSPS) is 10.0. The van der Waals surface area contributed by atoms with Crippen LogP contribution in [0.4, 0.5) is 11.4 Å². The number of nitrogens with one attached hydrogen (secondary N) is 1. The predicted octanol–water partition coefficient (Wildman–Crippen LogP) is 2.91. The number of methoxy groups -OCH3 is 2. The molecule has 0 amide bonds. The van der Waals surface area contributed by atoms with E-state index < -0.39 is 4.92 Å². The average molecular weight is 316 g/mol. The first-order chi connectivity index (χ1) is 11.0. The van der Waals surface area contributed by atoms with Gasteiger partial charge < -0.3 is 14.8 Å². The molecule has 2 aromatic carbocycles. The fourth-order valence-electron chi connectivity index (χ4n) is 1.99. The molecule has 2 rings (SSSR count). The molecular weight excluding hydrogens is 300 g/mol. The van der Waals surface area contributed by atoms with E-state index >= 15 is 0 Å². The molecule has 2 aromatic rings. The predicted molar refractivity (Wildman–Crippen MR) is 85.5 cm³/mol. The zero-order valence-corrected chi connectivity index (χ0v) is 12.7. The molecule has 0 saturated heterocycles. The van der Waals surface area contributed by atoms with Crippen LogP contribution in [0.25, 0.3) is 0 Å². The van der Waals surface area contributed by atoms with Crippen LogP contribution in [0.5, 0.6) is 11.5 Å². The van der Waals surface area contributed by atoms with E-state index in [4.69, 9.17) is 9.47 Å². The highest BCUT2D eigenvalue weighted by molar-refractivity contribution is 5.99. The molecule has 23 heavy (non-hydrogen) atoms. The molecule has 0 radical (unpaired) electrons. The Bertz CT molecular complexity index is 713. The minimum Gasteiger partial charge on any atom is -0.497 e. The van der Waals surface area contributed by atoms with Crippen molar-refractivity contribution < 1.29 is 19.2 Å². The lowest BCUT2D eigenvalue weighted by Gasteiger charge is -2.12. The summed E-state index contributed by atoms with van der Waals surface area (Å²) in [5, 5.41) is 13.6. The van der Waals surface area contributed by atoms with E-state index in [1.807, 2.05) is 0 Å². The first-order valence-electron chi connectivity index (χ1n) is 6.78. The molecule has 0 fully saturated rings. The molecule has 0 unspecified atom stereocenters. The van der Waals surface area contributed by atoms with E-state index in [0.717, 1.165) is 0 Å². The van der Waals surface area contributed by atoms with Gasteiger partial charge >= 0.3 is 0 Å². The number of rotatable bonds is 7. The highest BCUT2D eigenvalue weighted by atomic mass is 16.6. The second-order valence-corrected chi connectivity index (χ2v) is 4.65. The van der Waals surface area contributed by atoms with Gasteiger partial charge in [0.1, 0.15) is 11.5 Å². The maximum Gasteiger partial charge on any atom is 0.269 e. The molecular formula is C16H16N2O5. The van der Waals surface area contributed by atoms with Crippen LogP contribution in [-0.2, 0) is 0 Å². The van der Waals surface area contributed by atoms with Gasteiger partial charge in [0.25, 0.3) is 5.69 Å². The summed E-state index contributed by atoms with van der Waals surface area (Å²) in [5.74, 6) is 1.02. The Morgan fingerprint density at radius 2 is 1.83 bits per heavy atom. The van der Waals surface area contributed by atoms with E-state index in [-0.39, 0.29) is 18.0 Å². The van der Waals surface area contributed by atoms with Gasteiger partial charge in [-0.2, -0.15) is 0 Å². The fraction of sp³-hybridized carbons (Fsp3) is 0.188. The molecule has 0 atom stereocenters. The third-order valence-corrected chi connectivity index (χ3v) is 3.25. The van der Waals surface area contributed by atoms with Gasteiger partial charge in [0, 0.05) is 23.8 Å². The molecule has 120 valence electrons. The number of carbonyl (C=O) groups is 1. The molecule has 0 aliphatic heterocycles. The summed E-state index contributed by atoms with van der Waals surface area (Å²) in [7, 11) is 3.08. The standard InChI is InChI=1S/C16H16N2O5/c1-22-13-7-8-14(16(9-13)23-2)17-10-15(19)11-3-5-12(6-4-11)18(20)21/h3-9,17H,10H2,1-2H3. The molecule has 0 aromatic heterocycles. The minimum atomic E-state index is -0.505. The molecule has 0 spiro atoms. The lowest BCUT2D eigenvalue weighted by molar-refractivity contribution is -0.384. The van der Waals surface area contributed by atoms with Gasteiger partial charge in [0.15, 0.2) is 5.78 Å². The lowest BCUT2D eigenvalue weighted by Crippen LogP contribution is -2.14. The van der Waals surface area contributed by atoms with Crippen molar-refractivity contribution in [2.24, 2.45) is 0 Å². The SMILES string of the molecule is COc1ccc(NCC(=O)c2ccc([N+](=O)[O-])cc2)c(OC)c1. The monoisotopic (exact) mass is 316 g/mol. The van der Waals surface area contributed by atoms with Crippen LogP contribution in [0, 0.1) is 10.1 Å². The summed E-state index contributed by atoms with van der Waals surface area (Å²) < 4.78 is 10.3. The van der Waals surface area contributed by atoms with E-state index in [9.17, 15) is 14.9 Å². The number of ether oxygens (including phenoxy) is 2. The van der Waals surface area contributed by atoms with Crippen molar-refractivity contribution in [3.05, 3.63) is 58.1 Å². The van der Waals surface area contributed by atoms with Crippen molar-refractivity contribution >= 4 is 17.2 Å². The van der Waals surface area contributed by atoms with E-state index in [1.54, 1.807) is 25.3 Å². The van der Waals surface area contributed by atoms with Crippen LogP contribution in [-0.4, -0.2) is 31.5 Å². The molecule has 0 saturated carbocycles. The topological polar surface area (TPSA) is 90.7 Å². The largest absolute Gasteiger partial charge is 0.497 e. The first-order valence-corrected chi connectivity index (χ1v) is 6.78. The second kappa shape index (κ2) is 7.26. The van der Waals surface area contributed by atoms with Crippen LogP contribution in [0.1, 0.15) is 10.4 Å². The lowest BCUT2D eigenvalue weighted by atomic mass is 10.1. The zero-order valence-electron chi connectivity index (χ0n) is 12.7. The van der Waals surface area contributed by atoms with Crippen molar-refractivity contribution in [3.8, 4) is 11.5 Å². The van der Waals surface area contributed by atoms with Crippen molar-refractivity contribution in [2.75, 3.05) is 26.1 Å². The number of ketones is 1. The number of nitrogens with zero attached hydrogens (tertiary/aromatic N) is 1. The van der Waals surface area contributed by atoms with Crippen LogP contribution in [0.15, 0.2) is 42.5 Å². The molecule has 7 heteroatoms. The number of carbonyl (C=O) groups excluding carboxylic acids is 1. The Hall–Kier alpha value is -3.09. The Labute approximate surface area is 133 Å². The second-order valence-electron chi connectivity index (χ2n) is 4.65. The smallest absolute Gasteiger partial charge is 0.269 e. The maximum atomic E-state index is 12.1. The first kappa shape index (κ1) is 16.3. The molecule has 1 N–H and O–H groups in total. The number of nitro groups is 1. The number of benzene rings is 2. The van der Waals surface area contributed by atoms with Gasteiger partial charge in [0.05, 0.1) is 31.4 Å². The van der Waals surface area contributed by atoms with E-state index in [0.29, 0.717) is 22.7 Å². The highest BCUT2D eigenvalue weighted by Gasteiger charge is 2.11. The molecule has 0 bridgehead atoms. The number of hydrogen-bond donors (Lipinski definition) is 1. The van der Waals surface area contributed by atoms with Crippen molar-refractivity contribution in [1.29, 1.82) is 0 Å². The summed E-state index contributed by atoms with van der Waals surface area (Å²) >= 11 is 0. The number of Topliss-reactive ketones (excluding diaryl/α,β-unsaturated/α-hetero) is 1. The maximum absolute atomic E-state index is 12.1. The number of non-ortho nitro benzene ring substituents is 1. The van der Waals surface area contributed by atoms with Crippen LogP contribution >= 0.6 is 0 Å². The minimum absolute atomic E-state index is 0.0422. The van der Waals surface area contributed by atoms with Gasteiger partial charge in [-0.05, 0) is 24.3 Å². The van der Waals surface area contributed by atoms with E-state index in [1.165, 1.54) is 31.4 Å². The van der Waals surface area contributed by atoms with Crippen molar-refractivity contribution in [1.82, 2.24) is 0 Å². The summed E-state index contributed by atoms with van der Waals surface area (Å²) in [6.45, 7) is 0.0422. The summed E-state index contributed by atoms with van der Waals surface area (Å²) in [5.41, 5.74) is 1.01. The molecule has 0 aliphatic rings.